The third kappa shape index (κ3) is 4.40. The number of hydrogen-bond acceptors (Lipinski definition) is 4. The van der Waals surface area contributed by atoms with Crippen molar-refractivity contribution in [3.05, 3.63) is 16.1 Å². The summed E-state index contributed by atoms with van der Waals surface area (Å²) in [5.74, 6) is 0.985. The molecule has 7 heteroatoms. The predicted octanol–water partition coefficient (Wildman–Crippen LogP) is 3.25. The highest BCUT2D eigenvalue weighted by molar-refractivity contribution is 14.0. The minimum Gasteiger partial charge on any atom is -0.381 e. The molecule has 1 aromatic heterocycles. The summed E-state index contributed by atoms with van der Waals surface area (Å²) in [5, 5.41) is 6.82. The van der Waals surface area contributed by atoms with Crippen LogP contribution in [0.25, 0.3) is 0 Å². The highest BCUT2D eigenvalue weighted by atomic mass is 127. The fraction of sp³-hybridized carbons (Fsp3) is 0.765. The topological polar surface area (TPSA) is 49.8 Å². The second-order valence-corrected chi connectivity index (χ2v) is 8.63. The lowest BCUT2D eigenvalue weighted by atomic mass is 9.87. The third-order valence-electron chi connectivity index (χ3n) is 4.76. The molecule has 0 amide bonds. The highest BCUT2D eigenvalue weighted by Crippen LogP contribution is 2.38. The van der Waals surface area contributed by atoms with Gasteiger partial charge in [0.2, 0.25) is 0 Å². The van der Waals surface area contributed by atoms with E-state index in [0.717, 1.165) is 44.5 Å². The molecular weight excluding hydrogens is 435 g/mol. The van der Waals surface area contributed by atoms with Crippen LogP contribution >= 0.6 is 35.3 Å². The first-order valence-corrected chi connectivity index (χ1v) is 9.28. The fourth-order valence-electron chi connectivity index (χ4n) is 3.32. The first-order chi connectivity index (χ1) is 10.9. The first-order valence-electron chi connectivity index (χ1n) is 8.40. The SMILES string of the molecule is CN=C(NCc1csc(C(C)(C)C)n1)N1CCC2(CCOC2)C1.I. The Morgan fingerprint density at radius 2 is 2.25 bits per heavy atom. The van der Waals surface area contributed by atoms with Gasteiger partial charge in [0.1, 0.15) is 0 Å². The molecule has 5 nitrogen and oxygen atoms in total. The second-order valence-electron chi connectivity index (χ2n) is 7.77. The number of nitrogens with zero attached hydrogens (tertiary/aromatic N) is 3. The van der Waals surface area contributed by atoms with Gasteiger partial charge in [-0.25, -0.2) is 4.98 Å². The van der Waals surface area contributed by atoms with E-state index in [1.165, 1.54) is 17.8 Å². The zero-order valence-corrected chi connectivity index (χ0v) is 18.2. The van der Waals surface area contributed by atoms with E-state index in [1.54, 1.807) is 11.3 Å². The molecule has 0 saturated carbocycles. The molecular formula is C17H29IN4OS. The number of rotatable bonds is 2. The van der Waals surface area contributed by atoms with E-state index in [0.29, 0.717) is 5.41 Å². The Morgan fingerprint density at radius 1 is 1.46 bits per heavy atom. The largest absolute Gasteiger partial charge is 0.381 e. The quantitative estimate of drug-likeness (QED) is 0.415. The molecule has 0 aromatic carbocycles. The van der Waals surface area contributed by atoms with Crippen LogP contribution < -0.4 is 5.32 Å². The van der Waals surface area contributed by atoms with Gasteiger partial charge in [0.15, 0.2) is 5.96 Å². The number of likely N-dealkylation sites (tertiary alicyclic amines) is 1. The van der Waals surface area contributed by atoms with Crippen LogP contribution in [0.15, 0.2) is 10.4 Å². The highest BCUT2D eigenvalue weighted by Gasteiger charge is 2.42. The van der Waals surface area contributed by atoms with Gasteiger partial charge >= 0.3 is 0 Å². The van der Waals surface area contributed by atoms with E-state index in [9.17, 15) is 0 Å². The van der Waals surface area contributed by atoms with Gasteiger partial charge in [0.05, 0.1) is 23.9 Å². The molecule has 2 fully saturated rings. The monoisotopic (exact) mass is 464 g/mol. The molecule has 1 aromatic rings. The number of aliphatic imine (C=N–C) groups is 1. The summed E-state index contributed by atoms with van der Waals surface area (Å²) in [6.07, 6.45) is 2.39. The van der Waals surface area contributed by atoms with Crippen molar-refractivity contribution in [1.29, 1.82) is 0 Å². The summed E-state index contributed by atoms with van der Waals surface area (Å²) >= 11 is 1.74. The molecule has 3 rings (SSSR count). The van der Waals surface area contributed by atoms with Gasteiger partial charge in [0, 0.05) is 43.0 Å². The minimum absolute atomic E-state index is 0. The maximum absolute atomic E-state index is 5.61. The first kappa shape index (κ1) is 19.9. The molecule has 2 aliphatic rings. The standard InChI is InChI=1S/C17H28N4OS.HI/c1-16(2,3)14-20-13(10-23-14)9-19-15(18-4)21-7-5-17(11-21)6-8-22-12-17;/h10H,5-9,11-12H2,1-4H3,(H,18,19);1H. The van der Waals surface area contributed by atoms with E-state index in [1.807, 2.05) is 7.05 Å². The fourth-order valence-corrected chi connectivity index (χ4v) is 4.23. The number of nitrogens with one attached hydrogen (secondary N) is 1. The normalized spacial score (nSPS) is 24.5. The summed E-state index contributed by atoms with van der Waals surface area (Å²) in [5.41, 5.74) is 1.57. The Bertz CT molecular complexity index is 575. The van der Waals surface area contributed by atoms with Crippen molar-refractivity contribution in [2.75, 3.05) is 33.4 Å². The van der Waals surface area contributed by atoms with Gasteiger partial charge in [-0.1, -0.05) is 20.8 Å². The lowest BCUT2D eigenvalue weighted by Gasteiger charge is -2.24. The molecule has 1 atom stereocenters. The van der Waals surface area contributed by atoms with Crippen molar-refractivity contribution in [2.45, 2.75) is 45.6 Å². The van der Waals surface area contributed by atoms with Gasteiger partial charge in [-0.15, -0.1) is 35.3 Å². The van der Waals surface area contributed by atoms with Crippen LogP contribution in [0, 0.1) is 5.41 Å². The van der Waals surface area contributed by atoms with Crippen LogP contribution in [0.1, 0.15) is 44.3 Å². The van der Waals surface area contributed by atoms with E-state index >= 15 is 0 Å². The molecule has 1 N–H and O–H groups in total. The van der Waals surface area contributed by atoms with Crippen molar-refractivity contribution >= 4 is 41.3 Å². The number of aromatic nitrogens is 1. The zero-order chi connectivity index (χ0) is 16.5. The Balaban J connectivity index is 0.00000208. The van der Waals surface area contributed by atoms with E-state index < -0.39 is 0 Å². The molecule has 1 unspecified atom stereocenters. The Labute approximate surface area is 166 Å². The number of hydrogen-bond donors (Lipinski definition) is 1. The lowest BCUT2D eigenvalue weighted by molar-refractivity contribution is 0.156. The van der Waals surface area contributed by atoms with Gasteiger partial charge in [-0.05, 0) is 12.8 Å². The summed E-state index contributed by atoms with van der Waals surface area (Å²) in [4.78, 5) is 11.6. The molecule has 3 heterocycles. The van der Waals surface area contributed by atoms with Crippen LogP contribution in [-0.4, -0.2) is 49.2 Å². The average Bonchev–Trinajstić information content (AvgIpc) is 3.22. The van der Waals surface area contributed by atoms with Gasteiger partial charge in [-0.2, -0.15) is 0 Å². The second kappa shape index (κ2) is 7.86. The van der Waals surface area contributed by atoms with Crippen molar-refractivity contribution in [2.24, 2.45) is 10.4 Å². The summed E-state index contributed by atoms with van der Waals surface area (Å²) < 4.78 is 5.61. The number of halogens is 1. The Morgan fingerprint density at radius 3 is 2.83 bits per heavy atom. The van der Waals surface area contributed by atoms with Gasteiger partial charge in [-0.3, -0.25) is 4.99 Å². The zero-order valence-electron chi connectivity index (χ0n) is 15.1. The van der Waals surface area contributed by atoms with Gasteiger partial charge in [0.25, 0.3) is 0 Å². The molecule has 0 bridgehead atoms. The van der Waals surface area contributed by atoms with Crippen molar-refractivity contribution in [1.82, 2.24) is 15.2 Å². The number of ether oxygens (including phenoxy) is 1. The third-order valence-corrected chi connectivity index (χ3v) is 6.07. The maximum Gasteiger partial charge on any atom is 0.193 e. The Hall–Kier alpha value is -0.410. The molecule has 24 heavy (non-hydrogen) atoms. The van der Waals surface area contributed by atoms with E-state index in [4.69, 9.17) is 9.72 Å². The van der Waals surface area contributed by atoms with Gasteiger partial charge < -0.3 is 15.0 Å². The molecule has 1 spiro atoms. The summed E-state index contributed by atoms with van der Waals surface area (Å²) in [6, 6.07) is 0. The Kier molecular flexibility index (Phi) is 6.52. The molecule has 0 radical (unpaired) electrons. The van der Waals surface area contributed by atoms with Crippen molar-refractivity contribution in [3.8, 4) is 0 Å². The molecule has 0 aliphatic carbocycles. The maximum atomic E-state index is 5.61. The van der Waals surface area contributed by atoms with E-state index in [2.05, 4.69) is 41.4 Å². The molecule has 2 aliphatic heterocycles. The van der Waals surface area contributed by atoms with Crippen LogP contribution in [0.3, 0.4) is 0 Å². The number of thiazole rings is 1. The summed E-state index contributed by atoms with van der Waals surface area (Å²) in [6.45, 7) is 11.3. The lowest BCUT2D eigenvalue weighted by Crippen LogP contribution is -2.41. The van der Waals surface area contributed by atoms with Crippen LogP contribution in [-0.2, 0) is 16.7 Å². The molecule has 2 saturated heterocycles. The predicted molar refractivity (Wildman–Crippen MR) is 110 cm³/mol. The molecule has 136 valence electrons. The van der Waals surface area contributed by atoms with Crippen molar-refractivity contribution in [3.63, 3.8) is 0 Å². The van der Waals surface area contributed by atoms with Crippen LogP contribution in [0.5, 0.6) is 0 Å². The van der Waals surface area contributed by atoms with Crippen molar-refractivity contribution < 1.29 is 4.74 Å². The van der Waals surface area contributed by atoms with Crippen LogP contribution in [0.4, 0.5) is 0 Å². The minimum atomic E-state index is 0. The summed E-state index contributed by atoms with van der Waals surface area (Å²) in [7, 11) is 1.86. The number of guanidine groups is 1. The van der Waals surface area contributed by atoms with Crippen LogP contribution in [0.2, 0.25) is 0 Å². The van der Waals surface area contributed by atoms with E-state index in [-0.39, 0.29) is 29.4 Å². The smallest absolute Gasteiger partial charge is 0.193 e. The average molecular weight is 464 g/mol.